The molecule has 1 amide bonds. The van der Waals surface area contributed by atoms with E-state index in [9.17, 15) is 23.7 Å². The minimum Gasteiger partial charge on any atom is -0.367 e. The minimum atomic E-state index is -0.613. The molecule has 0 spiro atoms. The first-order chi connectivity index (χ1) is 15.3. The first-order valence-corrected chi connectivity index (χ1v) is 10.6. The zero-order valence-electron chi connectivity index (χ0n) is 17.8. The van der Waals surface area contributed by atoms with Gasteiger partial charge in [-0.05, 0) is 25.2 Å². The Morgan fingerprint density at radius 1 is 0.875 bits per heavy atom. The van der Waals surface area contributed by atoms with Gasteiger partial charge < -0.3 is 19.6 Å². The summed E-state index contributed by atoms with van der Waals surface area (Å²) < 4.78 is 28.8. The van der Waals surface area contributed by atoms with Crippen molar-refractivity contribution in [2.24, 2.45) is 0 Å². The normalized spacial score (nSPS) is 17.5. The van der Waals surface area contributed by atoms with Crippen LogP contribution in [0.2, 0.25) is 0 Å². The van der Waals surface area contributed by atoms with Crippen molar-refractivity contribution in [3.63, 3.8) is 0 Å². The molecule has 8 nitrogen and oxygen atoms in total. The number of carbonyl (C=O) groups is 1. The number of nitrogens with zero attached hydrogens (tertiary/aromatic N) is 5. The third kappa shape index (κ3) is 4.36. The van der Waals surface area contributed by atoms with Gasteiger partial charge in [0.1, 0.15) is 11.5 Å². The fraction of sp³-hybridized carbons (Fsp3) is 0.409. The smallest absolute Gasteiger partial charge is 0.295 e. The Morgan fingerprint density at radius 3 is 2.09 bits per heavy atom. The average molecular weight is 445 g/mol. The minimum absolute atomic E-state index is 0.00562. The van der Waals surface area contributed by atoms with Crippen LogP contribution in [0, 0.1) is 21.7 Å². The molecule has 2 saturated heterocycles. The fourth-order valence-corrected chi connectivity index (χ4v) is 4.18. The van der Waals surface area contributed by atoms with Crippen LogP contribution in [0.1, 0.15) is 10.4 Å². The van der Waals surface area contributed by atoms with Crippen molar-refractivity contribution in [2.75, 3.05) is 69.2 Å². The van der Waals surface area contributed by atoms with Gasteiger partial charge in [-0.3, -0.25) is 14.9 Å². The van der Waals surface area contributed by atoms with Gasteiger partial charge in [-0.15, -0.1) is 0 Å². The molecule has 0 radical (unpaired) electrons. The molecule has 0 N–H and O–H groups in total. The van der Waals surface area contributed by atoms with Crippen molar-refractivity contribution in [1.29, 1.82) is 0 Å². The summed E-state index contributed by atoms with van der Waals surface area (Å²) in [5, 5.41) is 11.6. The summed E-state index contributed by atoms with van der Waals surface area (Å²) in [4.78, 5) is 31.1. The molecule has 0 aliphatic carbocycles. The number of rotatable bonds is 4. The number of piperazine rings is 2. The number of halogens is 2. The van der Waals surface area contributed by atoms with Crippen molar-refractivity contribution < 1.29 is 18.5 Å². The van der Waals surface area contributed by atoms with Crippen LogP contribution in [0.15, 0.2) is 36.4 Å². The molecule has 0 atom stereocenters. The average Bonchev–Trinajstić information content (AvgIpc) is 2.79. The van der Waals surface area contributed by atoms with Crippen LogP contribution in [0.3, 0.4) is 0 Å². The lowest BCUT2D eigenvalue weighted by Gasteiger charge is -2.37. The molecule has 0 aromatic heterocycles. The fourth-order valence-electron chi connectivity index (χ4n) is 4.18. The largest absolute Gasteiger partial charge is 0.367 e. The highest BCUT2D eigenvalue weighted by Gasteiger charge is 2.30. The lowest BCUT2D eigenvalue weighted by Crippen LogP contribution is -2.49. The van der Waals surface area contributed by atoms with E-state index in [-0.39, 0.29) is 24.3 Å². The van der Waals surface area contributed by atoms with Crippen LogP contribution in [-0.2, 0) is 0 Å². The number of nitro benzene ring substituents is 1. The molecular formula is C22H25F2N5O3. The number of likely N-dealkylation sites (N-methyl/N-ethyl adjacent to an activating group) is 1. The van der Waals surface area contributed by atoms with E-state index < -0.39 is 22.5 Å². The first-order valence-electron chi connectivity index (χ1n) is 10.6. The van der Waals surface area contributed by atoms with Crippen LogP contribution >= 0.6 is 0 Å². The van der Waals surface area contributed by atoms with Gasteiger partial charge in [0.05, 0.1) is 22.2 Å². The standard InChI is InChI=1S/C22H25F2N5O3/c1-25-6-8-26(9-7-25)19-15-20(21(29(31)32)14-18(19)24)27-10-12-28(13-11-27)22(30)16-4-2-3-5-17(16)23/h2-5,14-15H,6-13H2,1H3. The van der Waals surface area contributed by atoms with Crippen LogP contribution < -0.4 is 9.80 Å². The van der Waals surface area contributed by atoms with E-state index >= 15 is 0 Å². The Labute approximate surface area is 184 Å². The van der Waals surface area contributed by atoms with E-state index in [1.165, 1.54) is 23.1 Å². The second kappa shape index (κ2) is 9.07. The van der Waals surface area contributed by atoms with Crippen molar-refractivity contribution >= 4 is 23.0 Å². The van der Waals surface area contributed by atoms with Gasteiger partial charge in [0.25, 0.3) is 11.6 Å². The highest BCUT2D eigenvalue weighted by molar-refractivity contribution is 5.94. The molecule has 0 saturated carbocycles. The Balaban J connectivity index is 1.54. The van der Waals surface area contributed by atoms with Crippen LogP contribution in [0.4, 0.5) is 25.8 Å². The summed E-state index contributed by atoms with van der Waals surface area (Å²) >= 11 is 0. The predicted molar refractivity (Wildman–Crippen MR) is 117 cm³/mol. The number of anilines is 2. The van der Waals surface area contributed by atoms with Gasteiger partial charge >= 0.3 is 0 Å². The molecule has 2 heterocycles. The molecule has 0 unspecified atom stereocenters. The van der Waals surface area contributed by atoms with Crippen molar-refractivity contribution in [2.45, 2.75) is 0 Å². The maximum Gasteiger partial charge on any atom is 0.295 e. The van der Waals surface area contributed by atoms with E-state index in [2.05, 4.69) is 4.90 Å². The first kappa shape index (κ1) is 21.9. The number of hydrogen-bond donors (Lipinski definition) is 0. The number of amides is 1. The highest BCUT2D eigenvalue weighted by Crippen LogP contribution is 2.36. The van der Waals surface area contributed by atoms with E-state index in [4.69, 9.17) is 0 Å². The zero-order chi connectivity index (χ0) is 22.8. The van der Waals surface area contributed by atoms with Gasteiger partial charge in [-0.1, -0.05) is 12.1 Å². The molecule has 0 bridgehead atoms. The molecule has 2 aliphatic heterocycles. The Hall–Kier alpha value is -3.27. The SMILES string of the molecule is CN1CCN(c2cc(N3CCN(C(=O)c4ccccc4F)CC3)c([N+](=O)[O-])cc2F)CC1. The summed E-state index contributed by atoms with van der Waals surface area (Å²) in [7, 11) is 2.00. The monoisotopic (exact) mass is 445 g/mol. The molecule has 170 valence electrons. The predicted octanol–water partition coefficient (Wildman–Crippen LogP) is 2.59. The second-order valence-corrected chi connectivity index (χ2v) is 8.10. The molecule has 2 aromatic carbocycles. The topological polar surface area (TPSA) is 73.2 Å². The van der Waals surface area contributed by atoms with Crippen LogP contribution in [0.5, 0.6) is 0 Å². The van der Waals surface area contributed by atoms with E-state index in [1.807, 2.05) is 11.9 Å². The number of benzene rings is 2. The van der Waals surface area contributed by atoms with Crippen LogP contribution in [-0.4, -0.2) is 80.0 Å². The number of hydrogen-bond acceptors (Lipinski definition) is 6. The van der Waals surface area contributed by atoms with Crippen molar-refractivity contribution in [3.8, 4) is 0 Å². The maximum absolute atomic E-state index is 14.8. The second-order valence-electron chi connectivity index (χ2n) is 8.10. The van der Waals surface area contributed by atoms with Crippen LogP contribution in [0.25, 0.3) is 0 Å². The lowest BCUT2D eigenvalue weighted by molar-refractivity contribution is -0.384. The summed E-state index contributed by atoms with van der Waals surface area (Å²) in [5.41, 5.74) is 0.396. The Kier molecular flexibility index (Phi) is 6.22. The number of nitro groups is 1. The van der Waals surface area contributed by atoms with E-state index in [0.717, 1.165) is 19.2 Å². The summed E-state index contributed by atoms with van der Waals surface area (Å²) in [6.45, 7) is 4.05. The molecule has 10 heteroatoms. The third-order valence-corrected chi connectivity index (χ3v) is 6.10. The quantitative estimate of drug-likeness (QED) is 0.532. The van der Waals surface area contributed by atoms with E-state index in [1.54, 1.807) is 17.0 Å². The Morgan fingerprint density at radius 2 is 1.47 bits per heavy atom. The summed E-state index contributed by atoms with van der Waals surface area (Å²) in [5.74, 6) is -1.60. The summed E-state index contributed by atoms with van der Waals surface area (Å²) in [6.07, 6.45) is 0. The molecule has 32 heavy (non-hydrogen) atoms. The van der Waals surface area contributed by atoms with Crippen molar-refractivity contribution in [3.05, 3.63) is 63.7 Å². The van der Waals surface area contributed by atoms with Gasteiger partial charge in [0.15, 0.2) is 5.82 Å². The zero-order valence-corrected chi connectivity index (χ0v) is 17.8. The van der Waals surface area contributed by atoms with Gasteiger partial charge in [0, 0.05) is 52.4 Å². The third-order valence-electron chi connectivity index (χ3n) is 6.10. The van der Waals surface area contributed by atoms with Gasteiger partial charge in [-0.2, -0.15) is 0 Å². The molecule has 2 aliphatic rings. The molecule has 2 fully saturated rings. The highest BCUT2D eigenvalue weighted by atomic mass is 19.1. The number of carbonyl (C=O) groups excluding carboxylic acids is 1. The molecule has 4 rings (SSSR count). The molecular weight excluding hydrogens is 420 g/mol. The summed E-state index contributed by atoms with van der Waals surface area (Å²) in [6, 6.07) is 8.35. The van der Waals surface area contributed by atoms with Gasteiger partial charge in [-0.25, -0.2) is 8.78 Å². The maximum atomic E-state index is 14.8. The molecule has 2 aromatic rings. The lowest BCUT2D eigenvalue weighted by atomic mass is 10.1. The van der Waals surface area contributed by atoms with Crippen molar-refractivity contribution in [1.82, 2.24) is 9.80 Å². The Bertz CT molecular complexity index is 1020. The van der Waals surface area contributed by atoms with Gasteiger partial charge in [0.2, 0.25) is 0 Å². The van der Waals surface area contributed by atoms with E-state index in [0.29, 0.717) is 37.6 Å².